The lowest BCUT2D eigenvalue weighted by molar-refractivity contribution is -0.137. The van der Waals surface area contributed by atoms with Crippen LogP contribution in [0.1, 0.15) is 110 Å². The second-order valence-corrected chi connectivity index (χ2v) is 7.91. The van der Waals surface area contributed by atoms with Crippen molar-refractivity contribution in [2.24, 2.45) is 0 Å². The van der Waals surface area contributed by atoms with Crippen molar-refractivity contribution >= 4 is 29.6 Å². The van der Waals surface area contributed by atoms with Crippen LogP contribution in [0.4, 0.5) is 0 Å². The summed E-state index contributed by atoms with van der Waals surface area (Å²) in [6.07, 6.45) is 17.1. The minimum absolute atomic E-state index is 0.0632. The van der Waals surface area contributed by atoms with Crippen LogP contribution < -0.4 is 5.32 Å². The molecule has 0 radical (unpaired) electrons. The number of hydrogen-bond acceptors (Lipinski definition) is 3. The monoisotopic (exact) mass is 401 g/mol. The van der Waals surface area contributed by atoms with Gasteiger partial charge in [-0.2, -0.15) is 0 Å². The van der Waals surface area contributed by atoms with Crippen LogP contribution in [0.25, 0.3) is 0 Å². The van der Waals surface area contributed by atoms with Gasteiger partial charge in [0.25, 0.3) is 0 Å². The molecule has 0 saturated carbocycles. The number of amides is 1. The summed E-state index contributed by atoms with van der Waals surface area (Å²) < 4.78 is 0. The maximum atomic E-state index is 11.6. The third-order valence-electron chi connectivity index (χ3n) is 4.79. The van der Waals surface area contributed by atoms with Gasteiger partial charge in [0.15, 0.2) is 0 Å². The van der Waals surface area contributed by atoms with E-state index in [1.54, 1.807) is 6.92 Å². The quantitative estimate of drug-likeness (QED) is 0.203. The number of rotatable bonds is 19. The van der Waals surface area contributed by atoms with E-state index in [-0.39, 0.29) is 11.0 Å². The van der Waals surface area contributed by atoms with Crippen LogP contribution in [-0.2, 0) is 14.4 Å². The van der Waals surface area contributed by atoms with Crippen molar-refractivity contribution in [3.05, 3.63) is 0 Å². The Bertz CT molecular complexity index is 415. The fourth-order valence-electron chi connectivity index (χ4n) is 3.06. The van der Waals surface area contributed by atoms with Crippen LogP contribution in [0.3, 0.4) is 0 Å². The van der Waals surface area contributed by atoms with E-state index < -0.39 is 12.0 Å². The summed E-state index contributed by atoms with van der Waals surface area (Å²) in [6.45, 7) is 1.65. The molecule has 158 valence electrons. The van der Waals surface area contributed by atoms with Crippen LogP contribution >= 0.6 is 12.6 Å². The van der Waals surface area contributed by atoms with Gasteiger partial charge < -0.3 is 10.4 Å². The number of carbonyl (C=O) groups excluding carboxylic acids is 2. The molecule has 0 heterocycles. The zero-order chi connectivity index (χ0) is 20.3. The van der Waals surface area contributed by atoms with E-state index in [9.17, 15) is 14.4 Å². The summed E-state index contributed by atoms with van der Waals surface area (Å²) in [4.78, 5) is 32.9. The van der Waals surface area contributed by atoms with Crippen molar-refractivity contribution in [2.75, 3.05) is 0 Å². The maximum Gasteiger partial charge on any atom is 0.303 e. The zero-order valence-electron chi connectivity index (χ0n) is 17.0. The molecule has 27 heavy (non-hydrogen) atoms. The fraction of sp³-hybridized carbons (Fsp3) is 0.857. The molecule has 0 spiro atoms. The summed E-state index contributed by atoms with van der Waals surface area (Å²) in [5.74, 6) is -0.746. The molecule has 5 nitrogen and oxygen atoms in total. The van der Waals surface area contributed by atoms with Crippen molar-refractivity contribution in [3.8, 4) is 0 Å². The van der Waals surface area contributed by atoms with E-state index in [0.717, 1.165) is 32.1 Å². The Hall–Kier alpha value is -1.04. The zero-order valence-corrected chi connectivity index (χ0v) is 17.9. The molecular weight excluding hydrogens is 362 g/mol. The first-order valence-electron chi connectivity index (χ1n) is 10.7. The molecule has 0 aliphatic heterocycles. The lowest BCUT2D eigenvalue weighted by Crippen LogP contribution is -2.36. The molecule has 0 saturated heterocycles. The molecule has 0 aliphatic rings. The summed E-state index contributed by atoms with van der Waals surface area (Å²) >= 11 is 3.70. The molecule has 0 aromatic heterocycles. The molecule has 0 bridgehead atoms. The summed E-state index contributed by atoms with van der Waals surface area (Å²) in [6, 6.07) is -0.502. The predicted octanol–water partition coefficient (Wildman–Crippen LogP) is 5.27. The first-order chi connectivity index (χ1) is 12.9. The second-order valence-electron chi connectivity index (χ2n) is 7.47. The summed E-state index contributed by atoms with van der Waals surface area (Å²) in [5.41, 5.74) is 0. The Kier molecular flexibility index (Phi) is 17.6. The van der Waals surface area contributed by atoms with Crippen LogP contribution in [0.5, 0.6) is 0 Å². The van der Waals surface area contributed by atoms with Gasteiger partial charge in [0, 0.05) is 12.8 Å². The third-order valence-corrected chi connectivity index (χ3v) is 5.18. The normalized spacial score (nSPS) is 11.9. The average molecular weight is 402 g/mol. The standard InChI is InChI=1S/C21H39NO4S/c1-18(21(26)27)22-19(23)16-14-12-10-8-6-4-2-3-5-7-9-11-13-15-17-20(24)25/h18H,2-17H2,1H3,(H,22,23)(H,24,25)(H,26,27)/t18-/m0/s1. The molecule has 0 aromatic carbocycles. The number of unbranched alkanes of at least 4 members (excludes halogenated alkanes) is 13. The van der Waals surface area contributed by atoms with Crippen molar-refractivity contribution in [2.45, 2.75) is 116 Å². The van der Waals surface area contributed by atoms with Gasteiger partial charge in [0.2, 0.25) is 11.0 Å². The fourth-order valence-corrected chi connectivity index (χ4v) is 3.12. The van der Waals surface area contributed by atoms with Crippen molar-refractivity contribution < 1.29 is 19.5 Å². The molecule has 0 unspecified atom stereocenters. The van der Waals surface area contributed by atoms with E-state index in [4.69, 9.17) is 5.11 Å². The minimum atomic E-state index is -0.683. The number of nitrogens with one attached hydrogen (secondary N) is 1. The molecule has 2 N–H and O–H groups in total. The molecule has 1 atom stereocenters. The van der Waals surface area contributed by atoms with E-state index in [1.807, 2.05) is 0 Å². The number of carboxylic acid groups (broad SMARTS) is 1. The number of thiol groups is 1. The first-order valence-corrected chi connectivity index (χ1v) is 11.1. The Balaban J connectivity index is 3.20. The van der Waals surface area contributed by atoms with Crippen molar-refractivity contribution in [3.63, 3.8) is 0 Å². The molecule has 6 heteroatoms. The van der Waals surface area contributed by atoms with Crippen LogP contribution in [0.2, 0.25) is 0 Å². The molecular formula is C21H39NO4S. The summed E-state index contributed by atoms with van der Waals surface area (Å²) in [7, 11) is 0. The summed E-state index contributed by atoms with van der Waals surface area (Å²) in [5, 5.41) is 10.9. The minimum Gasteiger partial charge on any atom is -0.481 e. The Morgan fingerprint density at radius 2 is 1.04 bits per heavy atom. The Morgan fingerprint density at radius 3 is 1.37 bits per heavy atom. The predicted molar refractivity (Wildman–Crippen MR) is 113 cm³/mol. The number of hydrogen-bond donors (Lipinski definition) is 3. The number of carbonyl (C=O) groups is 3. The van der Waals surface area contributed by atoms with E-state index in [0.29, 0.717) is 12.8 Å². The average Bonchev–Trinajstić information content (AvgIpc) is 2.60. The van der Waals surface area contributed by atoms with E-state index >= 15 is 0 Å². The Labute approximate surface area is 170 Å². The highest BCUT2D eigenvalue weighted by Crippen LogP contribution is 2.13. The van der Waals surface area contributed by atoms with Gasteiger partial charge in [0.05, 0.1) is 6.04 Å². The number of aliphatic carboxylic acids is 1. The molecule has 1 amide bonds. The van der Waals surface area contributed by atoms with E-state index in [2.05, 4.69) is 17.9 Å². The van der Waals surface area contributed by atoms with Crippen LogP contribution in [0.15, 0.2) is 0 Å². The van der Waals surface area contributed by atoms with Crippen molar-refractivity contribution in [1.29, 1.82) is 0 Å². The van der Waals surface area contributed by atoms with Gasteiger partial charge in [-0.15, -0.1) is 12.6 Å². The lowest BCUT2D eigenvalue weighted by Gasteiger charge is -2.09. The van der Waals surface area contributed by atoms with E-state index in [1.165, 1.54) is 57.8 Å². The Morgan fingerprint density at radius 1 is 0.704 bits per heavy atom. The van der Waals surface area contributed by atoms with Gasteiger partial charge in [-0.3, -0.25) is 14.4 Å². The molecule has 0 aliphatic carbocycles. The molecule has 0 rings (SSSR count). The maximum absolute atomic E-state index is 11.6. The molecule has 0 fully saturated rings. The van der Waals surface area contributed by atoms with Gasteiger partial charge in [-0.25, -0.2) is 0 Å². The van der Waals surface area contributed by atoms with Gasteiger partial charge in [-0.1, -0.05) is 77.0 Å². The van der Waals surface area contributed by atoms with Crippen molar-refractivity contribution in [1.82, 2.24) is 5.32 Å². The SMILES string of the molecule is C[C@H](NC(=O)CCCCCCCCCCCCCCCCC(=O)O)C(=O)S. The topological polar surface area (TPSA) is 83.5 Å². The van der Waals surface area contributed by atoms with Crippen LogP contribution in [-0.4, -0.2) is 28.1 Å². The largest absolute Gasteiger partial charge is 0.481 e. The second kappa shape index (κ2) is 18.3. The number of carboxylic acids is 1. The molecule has 0 aromatic rings. The highest BCUT2D eigenvalue weighted by Gasteiger charge is 2.11. The highest BCUT2D eigenvalue weighted by molar-refractivity contribution is 7.96. The third kappa shape index (κ3) is 19.5. The smallest absolute Gasteiger partial charge is 0.303 e. The first kappa shape index (κ1) is 26.0. The van der Waals surface area contributed by atoms with Gasteiger partial charge in [0.1, 0.15) is 0 Å². The lowest BCUT2D eigenvalue weighted by atomic mass is 10.0. The van der Waals surface area contributed by atoms with Crippen LogP contribution in [0, 0.1) is 0 Å². The highest BCUT2D eigenvalue weighted by atomic mass is 32.1. The van der Waals surface area contributed by atoms with Gasteiger partial charge in [-0.05, 0) is 19.8 Å². The van der Waals surface area contributed by atoms with Gasteiger partial charge >= 0.3 is 5.97 Å².